The van der Waals surface area contributed by atoms with Gasteiger partial charge in [-0.2, -0.15) is 0 Å². The molecular weight excluding hydrogens is 302 g/mol. The molecule has 0 aromatic heterocycles. The summed E-state index contributed by atoms with van der Waals surface area (Å²) in [5.74, 6) is 0. The maximum atomic E-state index is 5.91. The zero-order chi connectivity index (χ0) is 12.3. The molecule has 0 amide bonds. The molecule has 0 spiro atoms. The molecular formula is C13H17BrClNO. The van der Waals surface area contributed by atoms with Crippen LogP contribution >= 0.6 is 27.5 Å². The van der Waals surface area contributed by atoms with Crippen molar-refractivity contribution in [2.45, 2.75) is 31.9 Å². The third kappa shape index (κ3) is 3.68. The van der Waals surface area contributed by atoms with E-state index in [0.29, 0.717) is 0 Å². The molecule has 4 heteroatoms. The van der Waals surface area contributed by atoms with Crippen molar-refractivity contribution in [3.8, 4) is 0 Å². The highest BCUT2D eigenvalue weighted by Crippen LogP contribution is 2.25. The average Bonchev–Trinajstić information content (AvgIpc) is 2.69. The van der Waals surface area contributed by atoms with Gasteiger partial charge in [0.2, 0.25) is 0 Å². The number of benzene rings is 1. The van der Waals surface area contributed by atoms with Gasteiger partial charge >= 0.3 is 0 Å². The van der Waals surface area contributed by atoms with Gasteiger partial charge in [0.05, 0.1) is 5.60 Å². The molecule has 0 radical (unpaired) electrons. The van der Waals surface area contributed by atoms with Crippen molar-refractivity contribution in [3.05, 3.63) is 33.3 Å². The van der Waals surface area contributed by atoms with Gasteiger partial charge < -0.3 is 10.1 Å². The second-order valence-corrected chi connectivity index (χ2v) is 6.03. The topological polar surface area (TPSA) is 21.3 Å². The molecule has 17 heavy (non-hydrogen) atoms. The molecule has 1 heterocycles. The minimum atomic E-state index is 0.0128. The fraction of sp³-hybridized carbons (Fsp3) is 0.538. The van der Waals surface area contributed by atoms with E-state index >= 15 is 0 Å². The van der Waals surface area contributed by atoms with E-state index in [1.807, 2.05) is 18.2 Å². The van der Waals surface area contributed by atoms with E-state index in [-0.39, 0.29) is 5.60 Å². The number of rotatable bonds is 4. The molecule has 2 nitrogen and oxygen atoms in total. The Balaban J connectivity index is 1.85. The Hall–Kier alpha value is -0.0900. The zero-order valence-electron chi connectivity index (χ0n) is 9.93. The second-order valence-electron chi connectivity index (χ2n) is 4.74. The van der Waals surface area contributed by atoms with Crippen molar-refractivity contribution < 1.29 is 4.74 Å². The van der Waals surface area contributed by atoms with Crippen LogP contribution in [0.1, 0.15) is 25.3 Å². The Labute approximate surface area is 116 Å². The largest absolute Gasteiger partial charge is 0.374 e. The molecule has 1 N–H and O–H groups in total. The lowest BCUT2D eigenvalue weighted by molar-refractivity contribution is 0.0206. The van der Waals surface area contributed by atoms with Crippen molar-refractivity contribution in [3.63, 3.8) is 0 Å². The minimum Gasteiger partial charge on any atom is -0.374 e. The maximum Gasteiger partial charge on any atom is 0.0779 e. The normalized spacial score (nSPS) is 24.2. The molecule has 1 saturated heterocycles. The third-order valence-electron chi connectivity index (χ3n) is 3.13. The van der Waals surface area contributed by atoms with E-state index in [4.69, 9.17) is 16.3 Å². The summed E-state index contributed by atoms with van der Waals surface area (Å²) in [5.41, 5.74) is 1.23. The first kappa shape index (κ1) is 13.3. The van der Waals surface area contributed by atoms with Gasteiger partial charge in [-0.1, -0.05) is 33.6 Å². The van der Waals surface area contributed by atoms with Crippen molar-refractivity contribution in [1.29, 1.82) is 0 Å². The summed E-state index contributed by atoms with van der Waals surface area (Å²) in [4.78, 5) is 0. The number of nitrogens with one attached hydrogen (secondary N) is 1. The lowest BCUT2D eigenvalue weighted by atomic mass is 10.0. The SMILES string of the molecule is CC1(CNCc2ccc(Cl)cc2Br)CCCO1. The molecule has 1 fully saturated rings. The first-order valence-corrected chi connectivity index (χ1v) is 7.05. The van der Waals surface area contributed by atoms with Crippen LogP contribution in [-0.2, 0) is 11.3 Å². The summed E-state index contributed by atoms with van der Waals surface area (Å²) >= 11 is 9.42. The van der Waals surface area contributed by atoms with E-state index in [2.05, 4.69) is 28.2 Å². The van der Waals surface area contributed by atoms with Crippen LogP contribution in [0.15, 0.2) is 22.7 Å². The quantitative estimate of drug-likeness (QED) is 0.912. The lowest BCUT2D eigenvalue weighted by Crippen LogP contribution is -2.36. The fourth-order valence-corrected chi connectivity index (χ4v) is 2.93. The highest BCUT2D eigenvalue weighted by molar-refractivity contribution is 9.10. The Morgan fingerprint density at radius 1 is 1.53 bits per heavy atom. The standard InChI is InChI=1S/C13H17BrClNO/c1-13(5-2-6-17-13)9-16-8-10-3-4-11(15)7-12(10)14/h3-4,7,16H,2,5-6,8-9H2,1H3. The first-order chi connectivity index (χ1) is 8.09. The third-order valence-corrected chi connectivity index (χ3v) is 4.10. The van der Waals surface area contributed by atoms with Crippen LogP contribution < -0.4 is 5.32 Å². The van der Waals surface area contributed by atoms with Crippen LogP contribution in [0.5, 0.6) is 0 Å². The Bertz CT molecular complexity index is 391. The number of hydrogen-bond acceptors (Lipinski definition) is 2. The van der Waals surface area contributed by atoms with Gasteiger partial charge in [-0.25, -0.2) is 0 Å². The van der Waals surface area contributed by atoms with Crippen LogP contribution in [-0.4, -0.2) is 18.8 Å². The second kappa shape index (κ2) is 5.70. The maximum absolute atomic E-state index is 5.91. The van der Waals surface area contributed by atoms with Crippen LogP contribution in [0, 0.1) is 0 Å². The Morgan fingerprint density at radius 3 is 3.00 bits per heavy atom. The molecule has 0 bridgehead atoms. The van der Waals surface area contributed by atoms with E-state index in [1.54, 1.807) is 0 Å². The van der Waals surface area contributed by atoms with E-state index < -0.39 is 0 Å². The molecule has 0 saturated carbocycles. The molecule has 94 valence electrons. The molecule has 2 rings (SSSR count). The van der Waals surface area contributed by atoms with Crippen LogP contribution in [0.2, 0.25) is 5.02 Å². The summed E-state index contributed by atoms with van der Waals surface area (Å²) in [6.45, 7) is 4.78. The monoisotopic (exact) mass is 317 g/mol. The average molecular weight is 319 g/mol. The molecule has 0 aliphatic carbocycles. The highest BCUT2D eigenvalue weighted by atomic mass is 79.9. The van der Waals surface area contributed by atoms with Crippen molar-refractivity contribution >= 4 is 27.5 Å². The molecule has 1 aliphatic heterocycles. The zero-order valence-corrected chi connectivity index (χ0v) is 12.3. The summed E-state index contributed by atoms with van der Waals surface area (Å²) in [6.07, 6.45) is 2.31. The van der Waals surface area contributed by atoms with Crippen LogP contribution in [0.3, 0.4) is 0 Å². The predicted molar refractivity (Wildman–Crippen MR) is 74.4 cm³/mol. The van der Waals surface area contributed by atoms with Crippen LogP contribution in [0.25, 0.3) is 0 Å². The summed E-state index contributed by atoms with van der Waals surface area (Å²) in [5, 5.41) is 4.20. The Kier molecular flexibility index (Phi) is 4.47. The highest BCUT2D eigenvalue weighted by Gasteiger charge is 2.28. The van der Waals surface area contributed by atoms with E-state index in [9.17, 15) is 0 Å². The predicted octanol–water partition coefficient (Wildman–Crippen LogP) is 3.76. The van der Waals surface area contributed by atoms with E-state index in [0.717, 1.165) is 35.6 Å². The molecule has 1 aliphatic rings. The van der Waals surface area contributed by atoms with Gasteiger partial charge in [-0.3, -0.25) is 0 Å². The molecule has 1 unspecified atom stereocenters. The van der Waals surface area contributed by atoms with Crippen LogP contribution in [0.4, 0.5) is 0 Å². The smallest absolute Gasteiger partial charge is 0.0779 e. The van der Waals surface area contributed by atoms with Crippen molar-refractivity contribution in [1.82, 2.24) is 5.32 Å². The number of hydrogen-bond donors (Lipinski definition) is 1. The molecule has 1 aromatic rings. The van der Waals surface area contributed by atoms with Gasteiger partial charge in [0.1, 0.15) is 0 Å². The van der Waals surface area contributed by atoms with Crippen molar-refractivity contribution in [2.75, 3.05) is 13.2 Å². The van der Waals surface area contributed by atoms with Gasteiger partial charge in [0, 0.05) is 29.2 Å². The minimum absolute atomic E-state index is 0.0128. The summed E-state index contributed by atoms with van der Waals surface area (Å²) in [7, 11) is 0. The summed E-state index contributed by atoms with van der Waals surface area (Å²) in [6, 6.07) is 5.88. The Morgan fingerprint density at radius 2 is 2.35 bits per heavy atom. The van der Waals surface area contributed by atoms with E-state index in [1.165, 1.54) is 12.0 Å². The van der Waals surface area contributed by atoms with Crippen molar-refractivity contribution in [2.24, 2.45) is 0 Å². The number of halogens is 2. The first-order valence-electron chi connectivity index (χ1n) is 5.88. The molecule has 1 aromatic carbocycles. The fourth-order valence-electron chi connectivity index (χ4n) is 2.10. The van der Waals surface area contributed by atoms with Gasteiger partial charge in [0.15, 0.2) is 0 Å². The molecule has 1 atom stereocenters. The van der Waals surface area contributed by atoms with Gasteiger partial charge in [-0.05, 0) is 37.5 Å². The van der Waals surface area contributed by atoms with Gasteiger partial charge in [0.25, 0.3) is 0 Å². The lowest BCUT2D eigenvalue weighted by Gasteiger charge is -2.23. The van der Waals surface area contributed by atoms with Gasteiger partial charge in [-0.15, -0.1) is 0 Å². The number of ether oxygens (including phenoxy) is 1. The summed E-state index contributed by atoms with van der Waals surface area (Å²) < 4.78 is 6.78.